The summed E-state index contributed by atoms with van der Waals surface area (Å²) in [6, 6.07) is 5.31. The largest absolute Gasteiger partial charge is 0.508 e. The van der Waals surface area contributed by atoms with Crippen molar-refractivity contribution in [1.29, 1.82) is 0 Å². The molecular weight excluding hydrogens is 228 g/mol. The molecule has 0 spiro atoms. The Morgan fingerprint density at radius 2 is 2.33 bits per heavy atom. The second-order valence-electron chi connectivity index (χ2n) is 4.24. The van der Waals surface area contributed by atoms with Crippen molar-refractivity contribution in [2.75, 3.05) is 20.3 Å². The van der Waals surface area contributed by atoms with E-state index in [1.54, 1.807) is 19.2 Å². The number of ether oxygens (including phenoxy) is 1. The lowest BCUT2D eigenvalue weighted by Gasteiger charge is -2.08. The third kappa shape index (κ3) is 2.84. The first-order chi connectivity index (χ1) is 8.70. The Morgan fingerprint density at radius 1 is 1.50 bits per heavy atom. The van der Waals surface area contributed by atoms with Gasteiger partial charge in [-0.15, -0.1) is 0 Å². The van der Waals surface area contributed by atoms with Gasteiger partial charge < -0.3 is 20.1 Å². The van der Waals surface area contributed by atoms with Crippen LogP contribution in [0.5, 0.6) is 5.75 Å². The van der Waals surface area contributed by atoms with Gasteiger partial charge in [-0.25, -0.2) is 0 Å². The van der Waals surface area contributed by atoms with E-state index in [2.05, 4.69) is 16.9 Å². The van der Waals surface area contributed by atoms with Gasteiger partial charge in [0, 0.05) is 42.9 Å². The minimum absolute atomic E-state index is 0.279. The van der Waals surface area contributed by atoms with Gasteiger partial charge in [-0.2, -0.15) is 0 Å². The number of benzene rings is 1. The van der Waals surface area contributed by atoms with Crippen LogP contribution in [0.25, 0.3) is 10.9 Å². The highest BCUT2D eigenvalue weighted by molar-refractivity contribution is 5.84. The van der Waals surface area contributed by atoms with E-state index in [9.17, 15) is 5.11 Å². The Hall–Kier alpha value is -1.94. The minimum Gasteiger partial charge on any atom is -0.508 e. The number of H-pyrrole nitrogens is 1. The van der Waals surface area contributed by atoms with E-state index >= 15 is 0 Å². The predicted molar refractivity (Wildman–Crippen MR) is 72.7 cm³/mol. The van der Waals surface area contributed by atoms with Gasteiger partial charge in [0.15, 0.2) is 0 Å². The van der Waals surface area contributed by atoms with E-state index in [1.807, 2.05) is 12.3 Å². The lowest BCUT2D eigenvalue weighted by atomic mass is 10.1. The van der Waals surface area contributed by atoms with Crippen molar-refractivity contribution in [3.63, 3.8) is 0 Å². The van der Waals surface area contributed by atoms with E-state index in [4.69, 9.17) is 4.74 Å². The van der Waals surface area contributed by atoms with Crippen molar-refractivity contribution in [1.82, 2.24) is 10.3 Å². The number of fused-ring (bicyclic) bond motifs is 1. The Morgan fingerprint density at radius 3 is 3.11 bits per heavy atom. The molecule has 0 amide bonds. The first-order valence-electron chi connectivity index (χ1n) is 5.90. The van der Waals surface area contributed by atoms with Crippen LogP contribution in [0.4, 0.5) is 0 Å². The second kappa shape index (κ2) is 5.60. The van der Waals surface area contributed by atoms with Crippen molar-refractivity contribution in [2.45, 2.75) is 6.42 Å². The van der Waals surface area contributed by atoms with Crippen molar-refractivity contribution >= 4 is 10.9 Å². The van der Waals surface area contributed by atoms with Crippen LogP contribution >= 0.6 is 0 Å². The molecule has 96 valence electrons. The predicted octanol–water partition coefficient (Wildman–Crippen LogP) is 2.17. The quantitative estimate of drug-likeness (QED) is 0.685. The summed E-state index contributed by atoms with van der Waals surface area (Å²) >= 11 is 0. The molecule has 0 saturated carbocycles. The topological polar surface area (TPSA) is 57.3 Å². The standard InChI is InChI=1S/C14H18N2O2/c1-10(15-5-6-18-2)7-11-9-16-14-4-3-12(17)8-13(11)14/h3-4,8-9,15-17H,1,5-7H2,2H3. The molecule has 0 atom stereocenters. The monoisotopic (exact) mass is 246 g/mol. The molecule has 2 rings (SSSR count). The number of aromatic hydroxyl groups is 1. The Labute approximate surface area is 106 Å². The Kier molecular flexibility index (Phi) is 3.89. The summed E-state index contributed by atoms with van der Waals surface area (Å²) in [4.78, 5) is 3.18. The van der Waals surface area contributed by atoms with Gasteiger partial charge in [-0.05, 0) is 23.8 Å². The van der Waals surface area contributed by atoms with Crippen molar-refractivity contribution in [3.8, 4) is 5.75 Å². The number of phenols is 1. The summed E-state index contributed by atoms with van der Waals surface area (Å²) in [6.45, 7) is 5.40. The van der Waals surface area contributed by atoms with Gasteiger partial charge in [0.25, 0.3) is 0 Å². The lowest BCUT2D eigenvalue weighted by Crippen LogP contribution is -2.19. The molecule has 1 aromatic heterocycles. The molecule has 0 saturated heterocycles. The fraction of sp³-hybridized carbons (Fsp3) is 0.286. The van der Waals surface area contributed by atoms with Gasteiger partial charge in [0.05, 0.1) is 6.61 Å². The zero-order valence-electron chi connectivity index (χ0n) is 10.5. The Bertz CT molecular complexity index is 546. The zero-order valence-corrected chi connectivity index (χ0v) is 10.5. The number of phenolic OH excluding ortho intramolecular Hbond substituents is 1. The number of aromatic amines is 1. The maximum Gasteiger partial charge on any atom is 0.116 e. The molecule has 4 heteroatoms. The molecule has 2 aromatic rings. The van der Waals surface area contributed by atoms with Crippen LogP contribution in [0.2, 0.25) is 0 Å². The van der Waals surface area contributed by atoms with Crippen molar-refractivity contribution < 1.29 is 9.84 Å². The summed E-state index contributed by atoms with van der Waals surface area (Å²) in [7, 11) is 1.67. The first kappa shape index (κ1) is 12.5. The molecule has 1 heterocycles. The zero-order chi connectivity index (χ0) is 13.0. The summed E-state index contributed by atoms with van der Waals surface area (Å²) in [5, 5.41) is 13.7. The fourth-order valence-corrected chi connectivity index (χ4v) is 1.93. The van der Waals surface area contributed by atoms with Crippen LogP contribution in [0.15, 0.2) is 36.7 Å². The molecule has 1 aromatic carbocycles. The number of hydrogen-bond acceptors (Lipinski definition) is 3. The third-order valence-electron chi connectivity index (χ3n) is 2.84. The highest BCUT2D eigenvalue weighted by Gasteiger charge is 2.05. The molecule has 0 fully saturated rings. The third-order valence-corrected chi connectivity index (χ3v) is 2.84. The van der Waals surface area contributed by atoms with Crippen molar-refractivity contribution in [2.24, 2.45) is 0 Å². The van der Waals surface area contributed by atoms with Crippen LogP contribution < -0.4 is 5.32 Å². The smallest absolute Gasteiger partial charge is 0.116 e. The van der Waals surface area contributed by atoms with Crippen LogP contribution in [0.1, 0.15) is 5.56 Å². The lowest BCUT2D eigenvalue weighted by molar-refractivity contribution is 0.202. The molecule has 3 N–H and O–H groups in total. The summed E-state index contributed by atoms with van der Waals surface area (Å²) in [5.41, 5.74) is 3.08. The second-order valence-corrected chi connectivity index (χ2v) is 4.24. The number of rotatable bonds is 6. The highest BCUT2D eigenvalue weighted by Crippen LogP contribution is 2.24. The minimum atomic E-state index is 0.279. The van der Waals surface area contributed by atoms with Crippen LogP contribution in [-0.4, -0.2) is 30.4 Å². The summed E-state index contributed by atoms with van der Waals surface area (Å²) < 4.78 is 4.97. The number of hydrogen-bond donors (Lipinski definition) is 3. The SMILES string of the molecule is C=C(Cc1c[nH]c2ccc(O)cc12)NCCOC. The molecule has 0 aliphatic heterocycles. The van der Waals surface area contributed by atoms with Gasteiger partial charge in [-0.1, -0.05) is 6.58 Å². The van der Waals surface area contributed by atoms with E-state index < -0.39 is 0 Å². The van der Waals surface area contributed by atoms with Gasteiger partial charge in [0.1, 0.15) is 5.75 Å². The van der Waals surface area contributed by atoms with Crippen LogP contribution in [0.3, 0.4) is 0 Å². The number of nitrogens with one attached hydrogen (secondary N) is 2. The molecule has 18 heavy (non-hydrogen) atoms. The Balaban J connectivity index is 2.07. The average Bonchev–Trinajstić information content (AvgIpc) is 2.72. The average molecular weight is 246 g/mol. The maximum atomic E-state index is 9.51. The molecular formula is C14H18N2O2. The van der Waals surface area contributed by atoms with Gasteiger partial charge in [-0.3, -0.25) is 0 Å². The van der Waals surface area contributed by atoms with Crippen LogP contribution in [-0.2, 0) is 11.2 Å². The van der Waals surface area contributed by atoms with E-state index in [-0.39, 0.29) is 5.75 Å². The normalized spacial score (nSPS) is 10.7. The fourth-order valence-electron chi connectivity index (χ4n) is 1.93. The number of methoxy groups -OCH3 is 1. The first-order valence-corrected chi connectivity index (χ1v) is 5.90. The maximum absolute atomic E-state index is 9.51. The molecule has 4 nitrogen and oxygen atoms in total. The molecule has 0 bridgehead atoms. The summed E-state index contributed by atoms with van der Waals surface area (Å²) in [6.07, 6.45) is 2.68. The number of aromatic nitrogens is 1. The van der Waals surface area contributed by atoms with E-state index in [1.165, 1.54) is 0 Å². The van der Waals surface area contributed by atoms with Crippen molar-refractivity contribution in [3.05, 3.63) is 42.2 Å². The summed E-state index contributed by atoms with van der Waals surface area (Å²) in [5.74, 6) is 0.279. The van der Waals surface area contributed by atoms with Gasteiger partial charge >= 0.3 is 0 Å². The molecule has 0 aliphatic rings. The van der Waals surface area contributed by atoms with Crippen LogP contribution in [0, 0.1) is 0 Å². The molecule has 0 radical (unpaired) electrons. The van der Waals surface area contributed by atoms with Gasteiger partial charge in [0.2, 0.25) is 0 Å². The van der Waals surface area contributed by atoms with E-state index in [0.717, 1.165) is 35.1 Å². The van der Waals surface area contributed by atoms with E-state index in [0.29, 0.717) is 6.61 Å². The molecule has 0 aliphatic carbocycles. The highest BCUT2D eigenvalue weighted by atomic mass is 16.5. The number of allylic oxidation sites excluding steroid dienone is 1. The molecule has 0 unspecified atom stereocenters.